The Hall–Kier alpha value is -1.11. The molecule has 7 heteroatoms. The molecule has 2 saturated carbocycles. The first-order chi connectivity index (χ1) is 10.8. The van der Waals surface area contributed by atoms with Gasteiger partial charge in [0.1, 0.15) is 0 Å². The third kappa shape index (κ3) is 2.87. The average Bonchev–Trinajstić information content (AvgIpc) is 3.30. The number of hydrogen-bond donors (Lipinski definition) is 0. The van der Waals surface area contributed by atoms with Gasteiger partial charge < -0.3 is 4.90 Å². The van der Waals surface area contributed by atoms with Crippen LogP contribution in [0.25, 0.3) is 0 Å². The number of aromatic nitrogens is 4. The molecule has 3 fully saturated rings. The van der Waals surface area contributed by atoms with E-state index in [1.165, 1.54) is 43.9 Å². The number of nitrogens with zero attached hydrogens (tertiary/aromatic N) is 5. The van der Waals surface area contributed by atoms with Crippen molar-refractivity contribution in [1.82, 2.24) is 25.1 Å². The highest BCUT2D eigenvalue weighted by molar-refractivity contribution is 7.99. The van der Waals surface area contributed by atoms with E-state index in [0.717, 1.165) is 36.9 Å². The molecule has 0 unspecified atom stereocenters. The van der Waals surface area contributed by atoms with E-state index in [1.807, 2.05) is 4.68 Å². The lowest BCUT2D eigenvalue weighted by atomic mass is 9.78. The van der Waals surface area contributed by atoms with Crippen LogP contribution in [0, 0.1) is 5.92 Å². The molecule has 6 nitrogen and oxygen atoms in total. The Morgan fingerprint density at radius 1 is 1.14 bits per heavy atom. The fraction of sp³-hybridized carbons (Fsp3) is 0.867. The molecule has 3 aliphatic rings. The summed E-state index contributed by atoms with van der Waals surface area (Å²) in [6.07, 6.45) is 9.90. The van der Waals surface area contributed by atoms with Crippen molar-refractivity contribution in [3.63, 3.8) is 0 Å². The van der Waals surface area contributed by atoms with Gasteiger partial charge in [0.2, 0.25) is 11.1 Å². The van der Waals surface area contributed by atoms with Gasteiger partial charge >= 0.3 is 0 Å². The Balaban J connectivity index is 1.37. The quantitative estimate of drug-likeness (QED) is 0.796. The SMILES string of the molecule is O=C(CSc1nnnn1C1CC1)N1CCC[C@@H]2CCCC[C@@H]21. The van der Waals surface area contributed by atoms with Crippen LogP contribution < -0.4 is 0 Å². The molecule has 120 valence electrons. The van der Waals surface area contributed by atoms with Crippen LogP contribution in [0.1, 0.15) is 57.4 Å². The lowest BCUT2D eigenvalue weighted by Gasteiger charge is -2.44. The second-order valence-electron chi connectivity index (χ2n) is 6.77. The number of carbonyl (C=O) groups excluding carboxylic acids is 1. The first-order valence-electron chi connectivity index (χ1n) is 8.53. The monoisotopic (exact) mass is 321 g/mol. The molecule has 4 rings (SSSR count). The molecule has 2 heterocycles. The molecule has 22 heavy (non-hydrogen) atoms. The van der Waals surface area contributed by atoms with E-state index in [4.69, 9.17) is 0 Å². The van der Waals surface area contributed by atoms with Gasteiger partial charge in [0.25, 0.3) is 0 Å². The van der Waals surface area contributed by atoms with E-state index in [1.54, 1.807) is 0 Å². The van der Waals surface area contributed by atoms with Crippen molar-refractivity contribution in [3.05, 3.63) is 0 Å². The van der Waals surface area contributed by atoms with Crippen molar-refractivity contribution in [3.8, 4) is 0 Å². The van der Waals surface area contributed by atoms with Gasteiger partial charge in [-0.15, -0.1) is 5.10 Å². The molecule has 1 aliphatic heterocycles. The van der Waals surface area contributed by atoms with Crippen LogP contribution in [-0.2, 0) is 4.79 Å². The Bertz CT molecular complexity index is 542. The molecule has 2 atom stereocenters. The average molecular weight is 321 g/mol. The molecule has 2 aliphatic carbocycles. The van der Waals surface area contributed by atoms with E-state index in [9.17, 15) is 4.79 Å². The molecule has 1 aromatic heterocycles. The van der Waals surface area contributed by atoms with E-state index in [-0.39, 0.29) is 5.91 Å². The largest absolute Gasteiger partial charge is 0.339 e. The summed E-state index contributed by atoms with van der Waals surface area (Å²) >= 11 is 1.50. The van der Waals surface area contributed by atoms with Crippen LogP contribution in [0.4, 0.5) is 0 Å². The van der Waals surface area contributed by atoms with E-state index < -0.39 is 0 Å². The maximum atomic E-state index is 12.7. The van der Waals surface area contributed by atoms with Crippen molar-refractivity contribution in [2.24, 2.45) is 5.92 Å². The van der Waals surface area contributed by atoms with Crippen molar-refractivity contribution in [2.75, 3.05) is 12.3 Å². The number of fused-ring (bicyclic) bond motifs is 1. The van der Waals surface area contributed by atoms with Gasteiger partial charge in [0.15, 0.2) is 0 Å². The maximum Gasteiger partial charge on any atom is 0.233 e. The first kappa shape index (κ1) is 14.5. The number of amides is 1. The number of tetrazole rings is 1. The topological polar surface area (TPSA) is 63.9 Å². The van der Waals surface area contributed by atoms with Crippen LogP contribution in [0.2, 0.25) is 0 Å². The Morgan fingerprint density at radius 2 is 1.95 bits per heavy atom. The van der Waals surface area contributed by atoms with E-state index in [0.29, 0.717) is 17.8 Å². The van der Waals surface area contributed by atoms with Gasteiger partial charge in [-0.1, -0.05) is 24.6 Å². The van der Waals surface area contributed by atoms with Crippen molar-refractivity contribution in [2.45, 2.75) is 68.6 Å². The van der Waals surface area contributed by atoms with Crippen LogP contribution in [0.15, 0.2) is 5.16 Å². The Morgan fingerprint density at radius 3 is 2.82 bits per heavy atom. The standard InChI is InChI=1S/C15H23N5OS/c21-14(10-22-15-16-17-18-20(15)12-7-8-12)19-9-3-5-11-4-1-2-6-13(11)19/h11-13H,1-10H2/t11-,13-/m0/s1. The highest BCUT2D eigenvalue weighted by Gasteiger charge is 2.36. The van der Waals surface area contributed by atoms with Crippen LogP contribution in [0.5, 0.6) is 0 Å². The van der Waals surface area contributed by atoms with Gasteiger partial charge in [0.05, 0.1) is 11.8 Å². The number of likely N-dealkylation sites (tertiary alicyclic amines) is 1. The van der Waals surface area contributed by atoms with Crippen LogP contribution >= 0.6 is 11.8 Å². The molecule has 0 N–H and O–H groups in total. The summed E-state index contributed by atoms with van der Waals surface area (Å²) < 4.78 is 1.89. The minimum Gasteiger partial charge on any atom is -0.339 e. The molecular formula is C15H23N5OS. The summed E-state index contributed by atoms with van der Waals surface area (Å²) in [4.78, 5) is 14.8. The van der Waals surface area contributed by atoms with Gasteiger partial charge in [-0.2, -0.15) is 0 Å². The lowest BCUT2D eigenvalue weighted by molar-refractivity contribution is -0.134. The molecule has 1 saturated heterocycles. The number of thioether (sulfide) groups is 1. The highest BCUT2D eigenvalue weighted by Crippen LogP contribution is 2.37. The summed E-state index contributed by atoms with van der Waals surface area (Å²) in [5.74, 6) is 1.48. The predicted molar refractivity (Wildman–Crippen MR) is 83.5 cm³/mol. The lowest BCUT2D eigenvalue weighted by Crippen LogP contribution is -2.50. The second-order valence-corrected chi connectivity index (χ2v) is 7.71. The van der Waals surface area contributed by atoms with Crippen LogP contribution in [-0.4, -0.2) is 49.4 Å². The van der Waals surface area contributed by atoms with Gasteiger partial charge in [0, 0.05) is 12.6 Å². The first-order valence-corrected chi connectivity index (χ1v) is 9.51. The number of rotatable bonds is 4. The Labute approximate surface area is 135 Å². The zero-order valence-electron chi connectivity index (χ0n) is 12.9. The number of carbonyl (C=O) groups is 1. The summed E-state index contributed by atoms with van der Waals surface area (Å²) in [5, 5.41) is 12.7. The molecule has 1 amide bonds. The summed E-state index contributed by atoms with van der Waals surface area (Å²) in [6, 6.07) is 0.959. The second kappa shape index (κ2) is 6.18. The van der Waals surface area contributed by atoms with Gasteiger partial charge in [-0.3, -0.25) is 4.79 Å². The predicted octanol–water partition coefficient (Wildman–Crippen LogP) is 2.28. The summed E-state index contributed by atoms with van der Waals surface area (Å²) in [7, 11) is 0. The fourth-order valence-electron chi connectivity index (χ4n) is 3.97. The van der Waals surface area contributed by atoms with Gasteiger partial charge in [-0.25, -0.2) is 4.68 Å². The van der Waals surface area contributed by atoms with Crippen molar-refractivity contribution >= 4 is 17.7 Å². The summed E-state index contributed by atoms with van der Waals surface area (Å²) in [5.41, 5.74) is 0. The molecule has 0 bridgehead atoms. The molecule has 0 aromatic carbocycles. The normalized spacial score (nSPS) is 28.5. The summed E-state index contributed by atoms with van der Waals surface area (Å²) in [6.45, 7) is 0.939. The van der Waals surface area contributed by atoms with Crippen LogP contribution in [0.3, 0.4) is 0 Å². The zero-order valence-corrected chi connectivity index (χ0v) is 13.7. The third-order valence-corrected chi connectivity index (χ3v) is 6.16. The van der Waals surface area contributed by atoms with Crippen molar-refractivity contribution < 1.29 is 4.79 Å². The Kier molecular flexibility index (Phi) is 4.07. The smallest absolute Gasteiger partial charge is 0.233 e. The maximum absolute atomic E-state index is 12.7. The number of hydrogen-bond acceptors (Lipinski definition) is 5. The van der Waals surface area contributed by atoms with Crippen molar-refractivity contribution in [1.29, 1.82) is 0 Å². The van der Waals surface area contributed by atoms with E-state index in [2.05, 4.69) is 20.4 Å². The minimum absolute atomic E-state index is 0.270. The highest BCUT2D eigenvalue weighted by atomic mass is 32.2. The zero-order chi connectivity index (χ0) is 14.9. The number of piperidine rings is 1. The van der Waals surface area contributed by atoms with E-state index >= 15 is 0 Å². The minimum atomic E-state index is 0.270. The molecule has 0 radical (unpaired) electrons. The molecule has 1 aromatic rings. The van der Waals surface area contributed by atoms with Gasteiger partial charge in [-0.05, 0) is 54.9 Å². The molecule has 0 spiro atoms. The fourth-order valence-corrected chi connectivity index (χ4v) is 4.80. The third-order valence-electron chi connectivity index (χ3n) is 5.24. The molecular weight excluding hydrogens is 298 g/mol.